The fourth-order valence-electron chi connectivity index (χ4n) is 1.10. The predicted octanol–water partition coefficient (Wildman–Crippen LogP) is 0.257. The molecule has 0 atom stereocenters. The smallest absolute Gasteiger partial charge is 0.417 e. The third-order valence-electron chi connectivity index (χ3n) is 1.80. The predicted molar refractivity (Wildman–Crippen MR) is 43.6 cm³/mol. The van der Waals surface area contributed by atoms with Crippen molar-refractivity contribution in [1.29, 1.82) is 0 Å². The molecule has 0 unspecified atom stereocenters. The monoisotopic (exact) mass is 202 g/mol. The molecule has 0 aromatic carbocycles. The molecule has 0 N–H and O–H groups in total. The Bertz CT molecular complexity index is 251. The maximum Gasteiger partial charge on any atom is 0.417 e. The molecule has 1 rings (SSSR count). The summed E-state index contributed by atoms with van der Waals surface area (Å²) < 4.78 is 8.71. The van der Waals surface area contributed by atoms with Crippen LogP contribution in [0.3, 0.4) is 0 Å². The second-order valence-corrected chi connectivity index (χ2v) is 2.53. The van der Waals surface area contributed by atoms with E-state index in [2.05, 4.69) is 9.47 Å². The van der Waals surface area contributed by atoms with E-state index in [0.29, 0.717) is 0 Å². The molecule has 14 heavy (non-hydrogen) atoms. The first-order chi connectivity index (χ1) is 6.61. The summed E-state index contributed by atoms with van der Waals surface area (Å²) in [5.41, 5.74) is 0. The third kappa shape index (κ3) is 1.61. The normalized spacial score (nSPS) is 15.7. The third-order valence-corrected chi connectivity index (χ3v) is 1.80. The van der Waals surface area contributed by atoms with E-state index in [4.69, 9.17) is 0 Å². The van der Waals surface area contributed by atoms with Crippen molar-refractivity contribution >= 4 is 18.2 Å². The van der Waals surface area contributed by atoms with Gasteiger partial charge in [0, 0.05) is 0 Å². The van der Waals surface area contributed by atoms with Crippen LogP contribution >= 0.6 is 0 Å². The second-order valence-electron chi connectivity index (χ2n) is 2.53. The summed E-state index contributed by atoms with van der Waals surface area (Å²) in [5.74, 6) is 0. The molecule has 1 aliphatic heterocycles. The number of imide groups is 2. The van der Waals surface area contributed by atoms with Gasteiger partial charge in [0.25, 0.3) is 0 Å². The van der Waals surface area contributed by atoms with E-state index < -0.39 is 18.2 Å². The summed E-state index contributed by atoms with van der Waals surface area (Å²) in [7, 11) is 2.33. The Morgan fingerprint density at radius 3 is 1.71 bits per heavy atom. The van der Waals surface area contributed by atoms with Crippen LogP contribution in [-0.4, -0.2) is 55.3 Å². The Balaban J connectivity index is 2.69. The number of rotatable bonds is 0. The van der Waals surface area contributed by atoms with Gasteiger partial charge in [0.05, 0.1) is 27.3 Å². The molecular formula is C7H10N2O5. The Morgan fingerprint density at radius 2 is 1.43 bits per heavy atom. The molecule has 0 aliphatic carbocycles. The average molecular weight is 202 g/mol. The van der Waals surface area contributed by atoms with E-state index in [0.717, 1.165) is 24.0 Å². The van der Waals surface area contributed by atoms with Crippen molar-refractivity contribution in [3.05, 3.63) is 0 Å². The Kier molecular flexibility index (Phi) is 2.90. The van der Waals surface area contributed by atoms with Gasteiger partial charge in [0.1, 0.15) is 0 Å². The molecule has 7 nitrogen and oxygen atoms in total. The van der Waals surface area contributed by atoms with Crippen molar-refractivity contribution in [2.45, 2.75) is 0 Å². The summed E-state index contributed by atoms with van der Waals surface area (Å²) in [6.45, 7) is 0.251. The van der Waals surface area contributed by atoms with Crippen LogP contribution in [-0.2, 0) is 9.47 Å². The van der Waals surface area contributed by atoms with E-state index in [1.165, 1.54) is 0 Å². The lowest BCUT2D eigenvalue weighted by atomic mass is 10.6. The lowest BCUT2D eigenvalue weighted by molar-refractivity contribution is 0.125. The van der Waals surface area contributed by atoms with Gasteiger partial charge in [0.2, 0.25) is 0 Å². The second kappa shape index (κ2) is 3.95. The van der Waals surface area contributed by atoms with E-state index in [-0.39, 0.29) is 13.1 Å². The molecular weight excluding hydrogens is 192 g/mol. The summed E-state index contributed by atoms with van der Waals surface area (Å²) >= 11 is 0. The number of hydrogen-bond acceptors (Lipinski definition) is 5. The highest BCUT2D eigenvalue weighted by Gasteiger charge is 2.37. The van der Waals surface area contributed by atoms with E-state index in [9.17, 15) is 14.4 Å². The first-order valence-corrected chi connectivity index (χ1v) is 3.86. The molecule has 0 spiro atoms. The van der Waals surface area contributed by atoms with Crippen molar-refractivity contribution in [3.63, 3.8) is 0 Å². The van der Waals surface area contributed by atoms with Crippen molar-refractivity contribution in [1.82, 2.24) is 9.80 Å². The number of hydrogen-bond donors (Lipinski definition) is 0. The van der Waals surface area contributed by atoms with Crippen LogP contribution in [0.5, 0.6) is 0 Å². The van der Waals surface area contributed by atoms with Crippen LogP contribution < -0.4 is 0 Å². The van der Waals surface area contributed by atoms with E-state index in [1.54, 1.807) is 0 Å². The zero-order chi connectivity index (χ0) is 10.7. The van der Waals surface area contributed by atoms with Gasteiger partial charge in [-0.2, -0.15) is 0 Å². The zero-order valence-corrected chi connectivity index (χ0v) is 7.85. The molecule has 4 amide bonds. The van der Waals surface area contributed by atoms with Crippen molar-refractivity contribution < 1.29 is 23.9 Å². The summed E-state index contributed by atoms with van der Waals surface area (Å²) in [4.78, 5) is 35.0. The highest BCUT2D eigenvalue weighted by atomic mass is 16.6. The Labute approximate surface area is 80.2 Å². The Hall–Kier alpha value is -1.79. The number of methoxy groups -OCH3 is 2. The van der Waals surface area contributed by atoms with Gasteiger partial charge >= 0.3 is 18.2 Å². The standard InChI is InChI=1S/C7H10N2O5/c1-13-6(11)8-3-4-9(5(8)10)7(12)14-2/h3-4H2,1-2H3. The van der Waals surface area contributed by atoms with Crippen LogP contribution in [0.15, 0.2) is 0 Å². The molecule has 1 heterocycles. The SMILES string of the molecule is COC(=O)N1CCN(C(=O)OC)C1=O. The van der Waals surface area contributed by atoms with Crippen LogP contribution in [0.4, 0.5) is 14.4 Å². The minimum Gasteiger partial charge on any atom is -0.452 e. The molecule has 1 fully saturated rings. The minimum absolute atomic E-state index is 0.126. The first kappa shape index (κ1) is 10.3. The van der Waals surface area contributed by atoms with Gasteiger partial charge in [0.15, 0.2) is 0 Å². The number of carbonyl (C=O) groups is 3. The van der Waals surface area contributed by atoms with Gasteiger partial charge in [-0.1, -0.05) is 0 Å². The van der Waals surface area contributed by atoms with Gasteiger partial charge in [-0.25, -0.2) is 24.2 Å². The summed E-state index contributed by atoms with van der Waals surface area (Å²) in [6.07, 6.45) is -1.55. The van der Waals surface area contributed by atoms with Gasteiger partial charge in [-0.3, -0.25) is 0 Å². The van der Waals surface area contributed by atoms with Crippen LogP contribution in [0.1, 0.15) is 0 Å². The van der Waals surface area contributed by atoms with Crippen LogP contribution in [0.25, 0.3) is 0 Å². The quantitative estimate of drug-likeness (QED) is 0.563. The van der Waals surface area contributed by atoms with E-state index in [1.807, 2.05) is 0 Å². The van der Waals surface area contributed by atoms with Crippen molar-refractivity contribution in [2.24, 2.45) is 0 Å². The molecule has 1 saturated heterocycles. The Morgan fingerprint density at radius 1 is 1.07 bits per heavy atom. The largest absolute Gasteiger partial charge is 0.452 e. The number of urea groups is 1. The maximum absolute atomic E-state index is 11.4. The fourth-order valence-corrected chi connectivity index (χ4v) is 1.10. The van der Waals surface area contributed by atoms with Crippen LogP contribution in [0.2, 0.25) is 0 Å². The van der Waals surface area contributed by atoms with E-state index >= 15 is 0 Å². The molecule has 1 aliphatic rings. The highest BCUT2D eigenvalue weighted by Crippen LogP contribution is 2.10. The molecule has 0 aromatic rings. The average Bonchev–Trinajstić information content (AvgIpc) is 2.58. The van der Waals surface area contributed by atoms with Gasteiger partial charge < -0.3 is 9.47 Å². The lowest BCUT2D eigenvalue weighted by Gasteiger charge is -2.13. The molecule has 0 aromatic heterocycles. The van der Waals surface area contributed by atoms with Crippen molar-refractivity contribution in [2.75, 3.05) is 27.3 Å². The molecule has 0 radical (unpaired) electrons. The van der Waals surface area contributed by atoms with Crippen LogP contribution in [0, 0.1) is 0 Å². The molecule has 0 saturated carbocycles. The topological polar surface area (TPSA) is 76.2 Å². The highest BCUT2D eigenvalue weighted by molar-refractivity contribution is 6.00. The zero-order valence-electron chi connectivity index (χ0n) is 7.85. The summed E-state index contributed by atoms with van der Waals surface area (Å²) in [5, 5.41) is 0. The molecule has 0 bridgehead atoms. The number of carbonyl (C=O) groups excluding carboxylic acids is 3. The number of amides is 4. The van der Waals surface area contributed by atoms with Crippen molar-refractivity contribution in [3.8, 4) is 0 Å². The fraction of sp³-hybridized carbons (Fsp3) is 0.571. The van der Waals surface area contributed by atoms with Gasteiger partial charge in [-0.05, 0) is 0 Å². The summed E-state index contributed by atoms with van der Waals surface area (Å²) in [6, 6.07) is -0.719. The molecule has 7 heteroatoms. The number of ether oxygens (including phenoxy) is 2. The number of nitrogens with zero attached hydrogens (tertiary/aromatic N) is 2. The minimum atomic E-state index is -0.776. The first-order valence-electron chi connectivity index (χ1n) is 3.86. The van der Waals surface area contributed by atoms with Gasteiger partial charge in [-0.15, -0.1) is 0 Å². The maximum atomic E-state index is 11.4. The lowest BCUT2D eigenvalue weighted by Crippen LogP contribution is -2.38. The molecule has 78 valence electrons.